The van der Waals surface area contributed by atoms with E-state index in [4.69, 9.17) is 10.5 Å². The van der Waals surface area contributed by atoms with E-state index in [1.165, 1.54) is 12.8 Å². The quantitative estimate of drug-likeness (QED) is 0.818. The molecule has 0 unspecified atom stereocenters. The van der Waals surface area contributed by atoms with E-state index in [1.807, 2.05) is 18.2 Å². The van der Waals surface area contributed by atoms with Crippen LogP contribution in [0.2, 0.25) is 0 Å². The fraction of sp³-hybridized carbons (Fsp3) is 0.583. The van der Waals surface area contributed by atoms with Gasteiger partial charge in [0.2, 0.25) is 0 Å². The lowest BCUT2D eigenvalue weighted by Gasteiger charge is -2.27. The van der Waals surface area contributed by atoms with Gasteiger partial charge in [-0.2, -0.15) is 0 Å². The maximum atomic E-state index is 5.94. The van der Waals surface area contributed by atoms with Crippen LogP contribution in [0, 0.1) is 0 Å². The SMILES string of the molecule is NCC1(OCc2ccccn2)CCCC1. The van der Waals surface area contributed by atoms with Crippen molar-refractivity contribution in [2.75, 3.05) is 6.54 Å². The van der Waals surface area contributed by atoms with Gasteiger partial charge in [0, 0.05) is 12.7 Å². The van der Waals surface area contributed by atoms with Crippen molar-refractivity contribution in [2.24, 2.45) is 5.73 Å². The van der Waals surface area contributed by atoms with Crippen molar-refractivity contribution in [3.05, 3.63) is 30.1 Å². The van der Waals surface area contributed by atoms with Crippen molar-refractivity contribution in [2.45, 2.75) is 37.9 Å². The van der Waals surface area contributed by atoms with E-state index in [9.17, 15) is 0 Å². The molecule has 1 heterocycles. The Morgan fingerprint density at radius 2 is 2.13 bits per heavy atom. The minimum atomic E-state index is -0.0719. The second-order valence-electron chi connectivity index (χ2n) is 4.20. The summed E-state index contributed by atoms with van der Waals surface area (Å²) >= 11 is 0. The molecule has 2 N–H and O–H groups in total. The lowest BCUT2D eigenvalue weighted by molar-refractivity contribution is -0.0461. The van der Waals surface area contributed by atoms with Gasteiger partial charge >= 0.3 is 0 Å². The molecule has 0 saturated heterocycles. The van der Waals surface area contributed by atoms with E-state index in [0.29, 0.717) is 13.2 Å². The predicted octanol–water partition coefficient (Wildman–Crippen LogP) is 1.87. The lowest BCUT2D eigenvalue weighted by Crippen LogP contribution is -2.37. The molecule has 3 heteroatoms. The maximum absolute atomic E-state index is 5.94. The Labute approximate surface area is 90.7 Å². The molecule has 1 fully saturated rings. The molecule has 0 radical (unpaired) electrons. The molecule has 15 heavy (non-hydrogen) atoms. The minimum Gasteiger partial charge on any atom is -0.367 e. The smallest absolute Gasteiger partial charge is 0.0896 e. The van der Waals surface area contributed by atoms with E-state index >= 15 is 0 Å². The number of ether oxygens (including phenoxy) is 1. The zero-order chi connectivity index (χ0) is 10.6. The molecule has 1 aromatic rings. The van der Waals surface area contributed by atoms with E-state index in [1.54, 1.807) is 6.20 Å². The molecule has 1 aliphatic carbocycles. The van der Waals surface area contributed by atoms with Crippen molar-refractivity contribution in [1.82, 2.24) is 4.98 Å². The summed E-state index contributed by atoms with van der Waals surface area (Å²) in [4.78, 5) is 4.24. The van der Waals surface area contributed by atoms with Gasteiger partial charge in [0.25, 0.3) is 0 Å². The molecule has 3 nitrogen and oxygen atoms in total. The van der Waals surface area contributed by atoms with Crippen LogP contribution in [-0.4, -0.2) is 17.1 Å². The molecule has 0 aliphatic heterocycles. The molecule has 1 aliphatic rings. The average molecular weight is 206 g/mol. The van der Waals surface area contributed by atoms with Crippen LogP contribution >= 0.6 is 0 Å². The van der Waals surface area contributed by atoms with E-state index in [0.717, 1.165) is 18.5 Å². The molecular formula is C12H18N2O. The standard InChI is InChI=1S/C12H18N2O/c13-10-12(6-2-3-7-12)15-9-11-5-1-4-8-14-11/h1,4-5,8H,2-3,6-7,9-10,13H2. The Hall–Kier alpha value is -0.930. The van der Waals surface area contributed by atoms with Crippen LogP contribution in [0.3, 0.4) is 0 Å². The molecular weight excluding hydrogens is 188 g/mol. The van der Waals surface area contributed by atoms with Crippen LogP contribution in [0.25, 0.3) is 0 Å². The first kappa shape index (κ1) is 10.6. The topological polar surface area (TPSA) is 48.1 Å². The molecule has 0 bridgehead atoms. The van der Waals surface area contributed by atoms with Crippen LogP contribution in [0.5, 0.6) is 0 Å². The maximum Gasteiger partial charge on any atom is 0.0896 e. The number of pyridine rings is 1. The van der Waals surface area contributed by atoms with Crippen molar-refractivity contribution in [1.29, 1.82) is 0 Å². The molecule has 0 atom stereocenters. The highest BCUT2D eigenvalue weighted by Gasteiger charge is 2.33. The van der Waals surface area contributed by atoms with Gasteiger partial charge < -0.3 is 10.5 Å². The molecule has 1 aromatic heterocycles. The molecule has 0 spiro atoms. The Bertz CT molecular complexity index is 294. The Kier molecular flexibility index (Phi) is 3.34. The van der Waals surface area contributed by atoms with Crippen molar-refractivity contribution in [3.8, 4) is 0 Å². The fourth-order valence-electron chi connectivity index (χ4n) is 2.14. The number of aromatic nitrogens is 1. The summed E-state index contributed by atoms with van der Waals surface area (Å²) in [6.07, 6.45) is 6.45. The van der Waals surface area contributed by atoms with Crippen LogP contribution in [0.1, 0.15) is 31.4 Å². The lowest BCUT2D eigenvalue weighted by atomic mass is 10.0. The molecule has 1 saturated carbocycles. The number of rotatable bonds is 4. The molecule has 2 rings (SSSR count). The van der Waals surface area contributed by atoms with Gasteiger partial charge in [-0.05, 0) is 25.0 Å². The first-order valence-electron chi connectivity index (χ1n) is 5.59. The highest BCUT2D eigenvalue weighted by molar-refractivity contribution is 5.02. The van der Waals surface area contributed by atoms with Crippen LogP contribution < -0.4 is 5.73 Å². The molecule has 0 amide bonds. The number of hydrogen-bond acceptors (Lipinski definition) is 3. The zero-order valence-electron chi connectivity index (χ0n) is 8.98. The van der Waals surface area contributed by atoms with E-state index in [-0.39, 0.29) is 5.60 Å². The summed E-state index contributed by atoms with van der Waals surface area (Å²) < 4.78 is 5.94. The summed E-state index contributed by atoms with van der Waals surface area (Å²) in [5.74, 6) is 0. The van der Waals surface area contributed by atoms with Gasteiger partial charge in [-0.3, -0.25) is 4.98 Å². The van der Waals surface area contributed by atoms with E-state index < -0.39 is 0 Å². The highest BCUT2D eigenvalue weighted by Crippen LogP contribution is 2.32. The monoisotopic (exact) mass is 206 g/mol. The number of nitrogens with two attached hydrogens (primary N) is 1. The van der Waals surface area contributed by atoms with Crippen LogP contribution in [0.15, 0.2) is 24.4 Å². The average Bonchev–Trinajstić information content (AvgIpc) is 2.77. The summed E-state index contributed by atoms with van der Waals surface area (Å²) in [6.45, 7) is 1.21. The normalized spacial score (nSPS) is 19.3. The van der Waals surface area contributed by atoms with Gasteiger partial charge in [-0.1, -0.05) is 18.9 Å². The molecule has 82 valence electrons. The third kappa shape index (κ3) is 2.55. The Morgan fingerprint density at radius 1 is 1.33 bits per heavy atom. The van der Waals surface area contributed by atoms with Gasteiger partial charge in [0.1, 0.15) is 0 Å². The van der Waals surface area contributed by atoms with Gasteiger partial charge in [0.15, 0.2) is 0 Å². The van der Waals surface area contributed by atoms with Crippen molar-refractivity contribution in [3.63, 3.8) is 0 Å². The second-order valence-corrected chi connectivity index (χ2v) is 4.20. The number of hydrogen-bond donors (Lipinski definition) is 1. The van der Waals surface area contributed by atoms with Gasteiger partial charge in [0.05, 0.1) is 17.9 Å². The summed E-state index contributed by atoms with van der Waals surface area (Å²) in [5.41, 5.74) is 6.70. The third-order valence-corrected chi connectivity index (χ3v) is 3.14. The summed E-state index contributed by atoms with van der Waals surface area (Å²) in [7, 11) is 0. The minimum absolute atomic E-state index is 0.0719. The second kappa shape index (κ2) is 4.73. The predicted molar refractivity (Wildman–Crippen MR) is 59.3 cm³/mol. The first-order valence-corrected chi connectivity index (χ1v) is 5.59. The van der Waals surface area contributed by atoms with Crippen LogP contribution in [0.4, 0.5) is 0 Å². The van der Waals surface area contributed by atoms with Gasteiger partial charge in [-0.15, -0.1) is 0 Å². The Balaban J connectivity index is 1.92. The van der Waals surface area contributed by atoms with Gasteiger partial charge in [-0.25, -0.2) is 0 Å². The number of nitrogens with zero attached hydrogens (tertiary/aromatic N) is 1. The summed E-state index contributed by atoms with van der Waals surface area (Å²) in [6, 6.07) is 5.88. The van der Waals surface area contributed by atoms with Crippen molar-refractivity contribution < 1.29 is 4.74 Å². The van der Waals surface area contributed by atoms with Crippen molar-refractivity contribution >= 4 is 0 Å². The summed E-state index contributed by atoms with van der Waals surface area (Å²) in [5, 5.41) is 0. The zero-order valence-corrected chi connectivity index (χ0v) is 8.98. The third-order valence-electron chi connectivity index (χ3n) is 3.14. The first-order chi connectivity index (χ1) is 7.35. The largest absolute Gasteiger partial charge is 0.367 e. The van der Waals surface area contributed by atoms with Crippen LogP contribution in [-0.2, 0) is 11.3 Å². The molecule has 0 aromatic carbocycles. The van der Waals surface area contributed by atoms with E-state index in [2.05, 4.69) is 4.98 Å². The fourth-order valence-corrected chi connectivity index (χ4v) is 2.14. The Morgan fingerprint density at radius 3 is 2.73 bits per heavy atom. The highest BCUT2D eigenvalue weighted by atomic mass is 16.5.